The lowest BCUT2D eigenvalue weighted by molar-refractivity contribution is 0.0383. The van der Waals surface area contributed by atoms with Crippen LogP contribution >= 0.6 is 0 Å². The second kappa shape index (κ2) is 9.86. The second-order valence-corrected chi connectivity index (χ2v) is 7.54. The van der Waals surface area contributed by atoms with Crippen LogP contribution in [0, 0.1) is 0 Å². The van der Waals surface area contributed by atoms with Crippen molar-refractivity contribution < 1.29 is 22.7 Å². The van der Waals surface area contributed by atoms with Gasteiger partial charge in [-0.25, -0.2) is 13.1 Å². The second-order valence-electron chi connectivity index (χ2n) is 5.81. The zero-order chi connectivity index (χ0) is 19.0. The normalized spacial score (nSPS) is 15.6. The van der Waals surface area contributed by atoms with Gasteiger partial charge in [-0.2, -0.15) is 0 Å². The van der Waals surface area contributed by atoms with Crippen LogP contribution in [0.4, 0.5) is 0 Å². The largest absolute Gasteiger partial charge is 0.492 e. The lowest BCUT2D eigenvalue weighted by atomic mass is 10.2. The molecule has 1 amide bonds. The first-order valence-corrected chi connectivity index (χ1v) is 10.3. The van der Waals surface area contributed by atoms with Gasteiger partial charge in [-0.3, -0.25) is 9.69 Å². The molecule has 26 heavy (non-hydrogen) atoms. The Morgan fingerprint density at radius 2 is 2.00 bits per heavy atom. The Morgan fingerprint density at radius 3 is 2.65 bits per heavy atom. The molecule has 1 aliphatic rings. The lowest BCUT2D eigenvalue weighted by Crippen LogP contribution is -2.41. The predicted molar refractivity (Wildman–Crippen MR) is 98.1 cm³/mol. The van der Waals surface area contributed by atoms with Crippen molar-refractivity contribution in [3.05, 3.63) is 23.8 Å². The van der Waals surface area contributed by atoms with Crippen LogP contribution in [0.3, 0.4) is 0 Å². The van der Waals surface area contributed by atoms with Crippen molar-refractivity contribution in [1.29, 1.82) is 0 Å². The van der Waals surface area contributed by atoms with Crippen LogP contribution < -0.4 is 14.8 Å². The van der Waals surface area contributed by atoms with Crippen LogP contribution in [0.25, 0.3) is 0 Å². The van der Waals surface area contributed by atoms with E-state index in [2.05, 4.69) is 14.9 Å². The summed E-state index contributed by atoms with van der Waals surface area (Å²) >= 11 is 0. The maximum absolute atomic E-state index is 12.4. The third-order valence-corrected chi connectivity index (χ3v) is 5.51. The summed E-state index contributed by atoms with van der Waals surface area (Å²) in [6, 6.07) is 4.44. The molecule has 9 heteroatoms. The topological polar surface area (TPSA) is 97.0 Å². The van der Waals surface area contributed by atoms with Crippen LogP contribution in [-0.2, 0) is 14.8 Å². The maximum Gasteiger partial charge on any atom is 0.251 e. The number of carbonyl (C=O) groups excluding carboxylic acids is 1. The molecule has 1 aromatic carbocycles. The molecule has 1 aliphatic heterocycles. The molecule has 146 valence electrons. The van der Waals surface area contributed by atoms with Crippen molar-refractivity contribution in [2.24, 2.45) is 0 Å². The predicted octanol–water partition coefficient (Wildman–Crippen LogP) is 0.446. The van der Waals surface area contributed by atoms with Crippen LogP contribution in [-0.4, -0.2) is 71.8 Å². The first-order chi connectivity index (χ1) is 12.5. The number of morpholine rings is 1. The minimum atomic E-state index is -3.73. The van der Waals surface area contributed by atoms with Gasteiger partial charge in [0.2, 0.25) is 10.0 Å². The van der Waals surface area contributed by atoms with Crippen LogP contribution in [0.2, 0.25) is 0 Å². The molecule has 8 nitrogen and oxygen atoms in total. The highest BCUT2D eigenvalue weighted by molar-refractivity contribution is 7.89. The number of rotatable bonds is 9. The van der Waals surface area contributed by atoms with E-state index in [-0.39, 0.29) is 28.7 Å². The van der Waals surface area contributed by atoms with E-state index in [1.807, 2.05) is 0 Å². The highest BCUT2D eigenvalue weighted by atomic mass is 32.2. The third kappa shape index (κ3) is 5.66. The molecule has 0 spiro atoms. The molecular formula is C17H27N3O5S. The summed E-state index contributed by atoms with van der Waals surface area (Å²) in [6.07, 6.45) is 0. The standard InChI is InChI=1S/C17H27N3O5S/c1-3-19-26(22,23)16-13-14(5-6-15(16)25-4-2)17(21)18-7-8-20-9-11-24-12-10-20/h5-6,13,19H,3-4,7-12H2,1-2H3,(H,18,21). The molecule has 2 N–H and O–H groups in total. The molecule has 1 saturated heterocycles. The number of hydrogen-bond donors (Lipinski definition) is 2. The number of ether oxygens (including phenoxy) is 2. The van der Waals surface area contributed by atoms with Gasteiger partial charge in [0.05, 0.1) is 19.8 Å². The Morgan fingerprint density at radius 1 is 1.27 bits per heavy atom. The number of amides is 1. The molecule has 2 rings (SSSR count). The Bertz CT molecular complexity index is 702. The van der Waals surface area contributed by atoms with E-state index in [0.717, 1.165) is 19.6 Å². The van der Waals surface area contributed by atoms with Gasteiger partial charge < -0.3 is 14.8 Å². The smallest absolute Gasteiger partial charge is 0.251 e. The first-order valence-electron chi connectivity index (χ1n) is 8.82. The summed E-state index contributed by atoms with van der Waals surface area (Å²) in [4.78, 5) is 14.6. The highest BCUT2D eigenvalue weighted by Gasteiger charge is 2.21. The van der Waals surface area contributed by atoms with Crippen molar-refractivity contribution in [2.45, 2.75) is 18.7 Å². The van der Waals surface area contributed by atoms with E-state index < -0.39 is 10.0 Å². The lowest BCUT2D eigenvalue weighted by Gasteiger charge is -2.26. The number of carbonyl (C=O) groups is 1. The molecule has 0 atom stereocenters. The Balaban J connectivity index is 2.06. The molecule has 0 saturated carbocycles. The van der Waals surface area contributed by atoms with Crippen molar-refractivity contribution in [1.82, 2.24) is 14.9 Å². The molecule has 0 bridgehead atoms. The van der Waals surface area contributed by atoms with Gasteiger partial charge in [0.1, 0.15) is 10.6 Å². The molecule has 1 fully saturated rings. The maximum atomic E-state index is 12.4. The molecule has 0 aromatic heterocycles. The minimum absolute atomic E-state index is 0.0259. The van der Waals surface area contributed by atoms with Crippen molar-refractivity contribution >= 4 is 15.9 Å². The number of benzene rings is 1. The van der Waals surface area contributed by atoms with Gasteiger partial charge in [0, 0.05) is 38.3 Å². The molecule has 0 radical (unpaired) electrons. The van der Waals surface area contributed by atoms with Crippen molar-refractivity contribution in [2.75, 3.05) is 52.5 Å². The summed E-state index contributed by atoms with van der Waals surface area (Å²) in [5.41, 5.74) is 0.284. The quantitative estimate of drug-likeness (QED) is 0.641. The van der Waals surface area contributed by atoms with Crippen molar-refractivity contribution in [3.8, 4) is 5.75 Å². The number of nitrogens with zero attached hydrogens (tertiary/aromatic N) is 1. The van der Waals surface area contributed by atoms with Gasteiger partial charge in [0.25, 0.3) is 5.91 Å². The van der Waals surface area contributed by atoms with E-state index in [0.29, 0.717) is 26.4 Å². The van der Waals surface area contributed by atoms with Gasteiger partial charge in [0.15, 0.2) is 0 Å². The molecule has 0 unspecified atom stereocenters. The van der Waals surface area contributed by atoms with Gasteiger partial charge >= 0.3 is 0 Å². The number of nitrogens with one attached hydrogen (secondary N) is 2. The zero-order valence-corrected chi connectivity index (χ0v) is 16.1. The fraction of sp³-hybridized carbons (Fsp3) is 0.588. The van der Waals surface area contributed by atoms with E-state index in [1.54, 1.807) is 19.9 Å². The summed E-state index contributed by atoms with van der Waals surface area (Å²) in [5, 5.41) is 2.83. The average Bonchev–Trinajstić information content (AvgIpc) is 2.63. The number of sulfonamides is 1. The Labute approximate surface area is 154 Å². The molecule has 1 heterocycles. The van der Waals surface area contributed by atoms with Gasteiger partial charge in [-0.1, -0.05) is 6.92 Å². The van der Waals surface area contributed by atoms with Gasteiger partial charge in [-0.15, -0.1) is 0 Å². The average molecular weight is 385 g/mol. The highest BCUT2D eigenvalue weighted by Crippen LogP contribution is 2.25. The van der Waals surface area contributed by atoms with Crippen LogP contribution in [0.1, 0.15) is 24.2 Å². The van der Waals surface area contributed by atoms with E-state index in [4.69, 9.17) is 9.47 Å². The zero-order valence-electron chi connectivity index (χ0n) is 15.3. The van der Waals surface area contributed by atoms with E-state index in [1.165, 1.54) is 12.1 Å². The van der Waals surface area contributed by atoms with Gasteiger partial charge in [-0.05, 0) is 25.1 Å². The Kier molecular flexibility index (Phi) is 7.83. The molecular weight excluding hydrogens is 358 g/mol. The Hall–Kier alpha value is -1.68. The van der Waals surface area contributed by atoms with E-state index in [9.17, 15) is 13.2 Å². The van der Waals surface area contributed by atoms with Crippen LogP contribution in [0.5, 0.6) is 5.75 Å². The van der Waals surface area contributed by atoms with Crippen molar-refractivity contribution in [3.63, 3.8) is 0 Å². The summed E-state index contributed by atoms with van der Waals surface area (Å²) in [7, 11) is -3.73. The van der Waals surface area contributed by atoms with Crippen LogP contribution in [0.15, 0.2) is 23.1 Å². The first kappa shape index (κ1) is 20.6. The fourth-order valence-corrected chi connectivity index (χ4v) is 3.87. The summed E-state index contributed by atoms with van der Waals surface area (Å²) in [5.74, 6) is -0.0763. The minimum Gasteiger partial charge on any atom is -0.492 e. The molecule has 0 aliphatic carbocycles. The van der Waals surface area contributed by atoms with E-state index >= 15 is 0 Å². The number of hydrogen-bond acceptors (Lipinski definition) is 6. The summed E-state index contributed by atoms with van der Waals surface area (Å²) < 4.78 is 37.9. The molecule has 1 aromatic rings. The SMILES string of the molecule is CCNS(=O)(=O)c1cc(C(=O)NCCN2CCOCC2)ccc1OCC. The third-order valence-electron chi connectivity index (χ3n) is 3.95. The monoisotopic (exact) mass is 385 g/mol. The summed E-state index contributed by atoms with van der Waals surface area (Å²) in [6.45, 7) is 8.39. The fourth-order valence-electron chi connectivity index (χ4n) is 2.66.